The molecule has 1 saturated heterocycles. The largest absolute Gasteiger partial charge is 0.337 e. The molecule has 1 aliphatic heterocycles. The normalized spacial score (nSPS) is 17.6. The van der Waals surface area contributed by atoms with Gasteiger partial charge >= 0.3 is 0 Å². The Labute approximate surface area is 164 Å². The lowest BCUT2D eigenvalue weighted by Crippen LogP contribution is -2.46. The van der Waals surface area contributed by atoms with Gasteiger partial charge < -0.3 is 9.88 Å². The third kappa shape index (κ3) is 4.55. The van der Waals surface area contributed by atoms with Gasteiger partial charge in [0, 0.05) is 57.4 Å². The van der Waals surface area contributed by atoms with E-state index in [9.17, 15) is 4.39 Å². The maximum atomic E-state index is 13.0. The van der Waals surface area contributed by atoms with Crippen LogP contribution in [0.4, 0.5) is 4.39 Å². The monoisotopic (exact) mass is 390 g/mol. The molecule has 0 amide bonds. The zero-order valence-electron chi connectivity index (χ0n) is 15.3. The van der Waals surface area contributed by atoms with Gasteiger partial charge in [-0.25, -0.2) is 9.37 Å². The fourth-order valence-corrected chi connectivity index (χ4v) is 3.47. The minimum atomic E-state index is -0.214. The van der Waals surface area contributed by atoms with Crippen molar-refractivity contribution in [1.82, 2.24) is 29.5 Å². The molecule has 0 spiro atoms. The molecule has 0 saturated carbocycles. The van der Waals surface area contributed by atoms with Crippen LogP contribution in [-0.2, 0) is 20.1 Å². The lowest BCUT2D eigenvalue weighted by atomic mass is 10.1. The van der Waals surface area contributed by atoms with Crippen molar-refractivity contribution in [2.45, 2.75) is 19.1 Å². The van der Waals surface area contributed by atoms with Gasteiger partial charge in [0.1, 0.15) is 11.6 Å². The van der Waals surface area contributed by atoms with E-state index in [0.29, 0.717) is 6.54 Å². The lowest BCUT2D eigenvalue weighted by molar-refractivity contribution is 0.144. The topological polar surface area (TPSA) is 50.9 Å². The van der Waals surface area contributed by atoms with Gasteiger partial charge in [0.05, 0.1) is 18.8 Å². The maximum absolute atomic E-state index is 13.0. The SMILES string of the molecule is Cl.Cn1ccnc1C1CNCCN1Cc1cnn(Cc2ccc(F)cc2)c1. The number of hydrogen-bond acceptors (Lipinski definition) is 4. The molecule has 27 heavy (non-hydrogen) atoms. The van der Waals surface area contributed by atoms with E-state index in [2.05, 4.69) is 31.1 Å². The summed E-state index contributed by atoms with van der Waals surface area (Å²) < 4.78 is 17.0. The van der Waals surface area contributed by atoms with Crippen molar-refractivity contribution in [3.63, 3.8) is 0 Å². The zero-order valence-corrected chi connectivity index (χ0v) is 16.1. The summed E-state index contributed by atoms with van der Waals surface area (Å²) in [4.78, 5) is 6.97. The average molecular weight is 391 g/mol. The van der Waals surface area contributed by atoms with Crippen LogP contribution in [0.1, 0.15) is 23.0 Å². The Morgan fingerprint density at radius 2 is 2.00 bits per heavy atom. The van der Waals surface area contributed by atoms with Crippen LogP contribution in [0.5, 0.6) is 0 Å². The van der Waals surface area contributed by atoms with Crippen molar-refractivity contribution in [3.05, 3.63) is 71.8 Å². The van der Waals surface area contributed by atoms with Crippen molar-refractivity contribution in [2.24, 2.45) is 7.05 Å². The first-order valence-electron chi connectivity index (χ1n) is 8.87. The van der Waals surface area contributed by atoms with Crippen LogP contribution in [0, 0.1) is 5.82 Å². The molecule has 1 aliphatic rings. The van der Waals surface area contributed by atoms with Gasteiger partial charge in [0.15, 0.2) is 0 Å². The molecule has 1 unspecified atom stereocenters. The highest BCUT2D eigenvalue weighted by Gasteiger charge is 2.26. The van der Waals surface area contributed by atoms with Crippen molar-refractivity contribution in [3.8, 4) is 0 Å². The van der Waals surface area contributed by atoms with Crippen LogP contribution >= 0.6 is 12.4 Å². The van der Waals surface area contributed by atoms with E-state index in [4.69, 9.17) is 0 Å². The molecule has 3 heterocycles. The highest BCUT2D eigenvalue weighted by atomic mass is 35.5. The number of benzene rings is 1. The second-order valence-corrected chi connectivity index (χ2v) is 6.76. The summed E-state index contributed by atoms with van der Waals surface area (Å²) in [6.45, 7) is 4.33. The van der Waals surface area contributed by atoms with Crippen LogP contribution in [0.2, 0.25) is 0 Å². The second-order valence-electron chi connectivity index (χ2n) is 6.76. The first kappa shape index (κ1) is 19.5. The minimum absolute atomic E-state index is 0. The van der Waals surface area contributed by atoms with Gasteiger partial charge in [-0.2, -0.15) is 5.10 Å². The van der Waals surface area contributed by atoms with Crippen molar-refractivity contribution < 1.29 is 4.39 Å². The van der Waals surface area contributed by atoms with Crippen LogP contribution in [0.3, 0.4) is 0 Å². The molecular formula is C19H24ClFN6. The molecule has 0 bridgehead atoms. The number of aromatic nitrogens is 4. The predicted octanol–water partition coefficient (Wildman–Crippen LogP) is 2.37. The predicted molar refractivity (Wildman–Crippen MR) is 104 cm³/mol. The molecule has 1 aromatic carbocycles. The standard InChI is InChI=1S/C19H23FN6.ClH/c1-24-8-7-22-19(24)18-11-21-6-9-25(18)12-16-10-23-26(14-16)13-15-2-4-17(20)5-3-15;/h2-5,7-8,10,14,18,21H,6,9,11-13H2,1H3;1H. The van der Waals surface area contributed by atoms with Gasteiger partial charge in [-0.05, 0) is 17.7 Å². The molecule has 0 aliphatic carbocycles. The zero-order chi connectivity index (χ0) is 17.9. The molecule has 144 valence electrons. The second kappa shape index (κ2) is 8.65. The highest BCUT2D eigenvalue weighted by molar-refractivity contribution is 5.85. The summed E-state index contributed by atoms with van der Waals surface area (Å²) >= 11 is 0. The van der Waals surface area contributed by atoms with Crippen LogP contribution < -0.4 is 5.32 Å². The molecular weight excluding hydrogens is 367 g/mol. The Hall–Kier alpha value is -2.22. The smallest absolute Gasteiger partial charge is 0.127 e. The van der Waals surface area contributed by atoms with E-state index in [1.807, 2.05) is 30.3 Å². The molecule has 4 rings (SSSR count). The van der Waals surface area contributed by atoms with Gasteiger partial charge in [0.25, 0.3) is 0 Å². The Bertz CT molecular complexity index is 859. The quantitative estimate of drug-likeness (QED) is 0.726. The average Bonchev–Trinajstić information content (AvgIpc) is 3.26. The van der Waals surface area contributed by atoms with Gasteiger partial charge in [-0.3, -0.25) is 9.58 Å². The summed E-state index contributed by atoms with van der Waals surface area (Å²) in [5.74, 6) is 0.866. The summed E-state index contributed by atoms with van der Waals surface area (Å²) in [6.07, 6.45) is 7.83. The van der Waals surface area contributed by atoms with Crippen molar-refractivity contribution >= 4 is 12.4 Å². The number of aryl methyl sites for hydroxylation is 1. The molecule has 1 fully saturated rings. The molecule has 0 radical (unpaired) electrons. The first-order valence-corrected chi connectivity index (χ1v) is 8.87. The van der Waals surface area contributed by atoms with E-state index in [1.54, 1.807) is 12.1 Å². The Kier molecular flexibility index (Phi) is 6.26. The fourth-order valence-electron chi connectivity index (χ4n) is 3.47. The number of rotatable bonds is 5. The van der Waals surface area contributed by atoms with E-state index in [-0.39, 0.29) is 24.3 Å². The van der Waals surface area contributed by atoms with E-state index < -0.39 is 0 Å². The highest BCUT2D eigenvalue weighted by Crippen LogP contribution is 2.22. The number of imidazole rings is 1. The summed E-state index contributed by atoms with van der Waals surface area (Å²) in [5, 5.41) is 7.93. The van der Waals surface area contributed by atoms with E-state index in [1.165, 1.54) is 17.7 Å². The third-order valence-electron chi connectivity index (χ3n) is 4.84. The maximum Gasteiger partial charge on any atom is 0.127 e. The molecule has 2 aromatic heterocycles. The molecule has 1 atom stereocenters. The molecule has 1 N–H and O–H groups in total. The summed E-state index contributed by atoms with van der Waals surface area (Å²) in [6, 6.07) is 6.81. The number of nitrogens with zero attached hydrogens (tertiary/aromatic N) is 5. The van der Waals surface area contributed by atoms with Gasteiger partial charge in [-0.1, -0.05) is 12.1 Å². The number of piperazine rings is 1. The molecule has 8 heteroatoms. The van der Waals surface area contributed by atoms with Gasteiger partial charge in [0.2, 0.25) is 0 Å². The number of hydrogen-bond donors (Lipinski definition) is 1. The van der Waals surface area contributed by atoms with E-state index in [0.717, 1.165) is 37.6 Å². The Morgan fingerprint density at radius 3 is 2.74 bits per heavy atom. The fraction of sp³-hybridized carbons (Fsp3) is 0.368. The number of halogens is 2. The minimum Gasteiger partial charge on any atom is -0.337 e. The summed E-state index contributed by atoms with van der Waals surface area (Å²) in [5.41, 5.74) is 2.21. The van der Waals surface area contributed by atoms with Crippen LogP contribution in [0.25, 0.3) is 0 Å². The third-order valence-corrected chi connectivity index (χ3v) is 4.84. The summed E-state index contributed by atoms with van der Waals surface area (Å²) in [7, 11) is 2.04. The lowest BCUT2D eigenvalue weighted by Gasteiger charge is -2.35. The molecule has 3 aromatic rings. The van der Waals surface area contributed by atoms with Crippen molar-refractivity contribution in [2.75, 3.05) is 19.6 Å². The van der Waals surface area contributed by atoms with E-state index >= 15 is 0 Å². The Balaban J connectivity index is 0.00000210. The van der Waals surface area contributed by atoms with Crippen molar-refractivity contribution in [1.29, 1.82) is 0 Å². The molecule has 6 nitrogen and oxygen atoms in total. The van der Waals surface area contributed by atoms with Gasteiger partial charge in [-0.15, -0.1) is 12.4 Å². The van der Waals surface area contributed by atoms with Crippen LogP contribution in [0.15, 0.2) is 49.1 Å². The Morgan fingerprint density at radius 1 is 1.19 bits per heavy atom. The first-order chi connectivity index (χ1) is 12.7. The number of nitrogens with one attached hydrogen (secondary N) is 1. The van der Waals surface area contributed by atoms with Crippen LogP contribution in [-0.4, -0.2) is 43.9 Å².